The molecule has 0 saturated carbocycles. The van der Waals surface area contributed by atoms with Gasteiger partial charge in [0.25, 0.3) is 0 Å². The summed E-state index contributed by atoms with van der Waals surface area (Å²) in [5.74, 6) is -2.13. The van der Waals surface area contributed by atoms with Gasteiger partial charge in [-0.2, -0.15) is 0 Å². The number of nitrogens with one attached hydrogen (secondary N) is 2. The second kappa shape index (κ2) is 11.5. The van der Waals surface area contributed by atoms with Gasteiger partial charge < -0.3 is 20.8 Å². The third kappa shape index (κ3) is 9.61. The van der Waals surface area contributed by atoms with Crippen LogP contribution in [0.25, 0.3) is 0 Å². The maximum absolute atomic E-state index is 10.8. The molecule has 118 valence electrons. The Morgan fingerprint density at radius 1 is 1.05 bits per heavy atom. The van der Waals surface area contributed by atoms with Gasteiger partial charge in [0, 0.05) is 19.1 Å². The summed E-state index contributed by atoms with van der Waals surface area (Å²) >= 11 is 0. The summed E-state index contributed by atoms with van der Waals surface area (Å²) < 4.78 is 0. The molecule has 20 heavy (non-hydrogen) atoms. The molecule has 0 aliphatic carbocycles. The van der Waals surface area contributed by atoms with Gasteiger partial charge in [0.15, 0.2) is 0 Å². The molecule has 0 aliphatic rings. The molecule has 10 nitrogen and oxygen atoms in total. The fourth-order valence-corrected chi connectivity index (χ4v) is 1.50. The lowest BCUT2D eigenvalue weighted by Gasteiger charge is -2.17. The second-order valence-corrected chi connectivity index (χ2v) is 4.01. The van der Waals surface area contributed by atoms with Crippen molar-refractivity contribution in [1.29, 1.82) is 0 Å². The van der Waals surface area contributed by atoms with Crippen molar-refractivity contribution >= 4 is 11.9 Å². The van der Waals surface area contributed by atoms with E-state index in [1.807, 2.05) is 0 Å². The van der Waals surface area contributed by atoms with Crippen LogP contribution in [0.15, 0.2) is 0 Å². The van der Waals surface area contributed by atoms with Crippen LogP contribution in [0.4, 0.5) is 0 Å². The quantitative estimate of drug-likeness (QED) is 0.139. The van der Waals surface area contributed by atoms with Gasteiger partial charge in [-0.05, 0) is 6.42 Å². The minimum Gasteiger partial charge on any atom is -0.481 e. The Hall–Kier alpha value is -1.30. The molecule has 0 amide bonds. The highest BCUT2D eigenvalue weighted by atomic mass is 17.1. The van der Waals surface area contributed by atoms with E-state index in [1.54, 1.807) is 0 Å². The van der Waals surface area contributed by atoms with Crippen molar-refractivity contribution in [3.05, 3.63) is 0 Å². The van der Waals surface area contributed by atoms with Crippen molar-refractivity contribution in [2.24, 2.45) is 0 Å². The molecule has 0 spiro atoms. The van der Waals surface area contributed by atoms with Gasteiger partial charge >= 0.3 is 11.9 Å². The van der Waals surface area contributed by atoms with Gasteiger partial charge in [-0.1, -0.05) is 0 Å². The molecule has 2 unspecified atom stereocenters. The number of hydrogen-bond acceptors (Lipinski definition) is 8. The molecule has 6 N–H and O–H groups in total. The Bertz CT molecular complexity index is 288. The predicted molar refractivity (Wildman–Crippen MR) is 65.2 cm³/mol. The van der Waals surface area contributed by atoms with Gasteiger partial charge in [-0.15, -0.1) is 0 Å². The van der Waals surface area contributed by atoms with Crippen LogP contribution in [0.5, 0.6) is 0 Å². The molecule has 2 atom stereocenters. The van der Waals surface area contributed by atoms with E-state index in [0.717, 1.165) is 0 Å². The maximum atomic E-state index is 10.8. The zero-order chi connectivity index (χ0) is 15.4. The molecule has 0 heterocycles. The van der Waals surface area contributed by atoms with Crippen LogP contribution in [-0.2, 0) is 19.4 Å². The van der Waals surface area contributed by atoms with Crippen molar-refractivity contribution in [3.8, 4) is 0 Å². The predicted octanol–water partition coefficient (Wildman–Crippen LogP) is -1.17. The first-order valence-electron chi connectivity index (χ1n) is 5.95. The summed E-state index contributed by atoms with van der Waals surface area (Å²) in [5, 5.41) is 39.4. The summed E-state index contributed by atoms with van der Waals surface area (Å²) in [5.41, 5.74) is 0. The minimum absolute atomic E-state index is 0.0874. The van der Waals surface area contributed by atoms with Gasteiger partial charge in [0.05, 0.1) is 19.6 Å². The third-order valence-electron chi connectivity index (χ3n) is 2.44. The molecular formula is C10H20N2O8. The van der Waals surface area contributed by atoms with Crippen LogP contribution < -0.4 is 10.6 Å². The van der Waals surface area contributed by atoms with E-state index in [1.165, 1.54) is 0 Å². The first-order chi connectivity index (χ1) is 9.51. The van der Waals surface area contributed by atoms with Crippen molar-refractivity contribution < 1.29 is 40.1 Å². The number of carboxylic acids is 2. The van der Waals surface area contributed by atoms with Gasteiger partial charge in [-0.3, -0.25) is 20.1 Å². The second-order valence-electron chi connectivity index (χ2n) is 4.01. The molecular weight excluding hydrogens is 276 g/mol. The largest absolute Gasteiger partial charge is 0.481 e. The number of carbonyl (C=O) groups is 2. The number of rotatable bonds is 13. The topological polar surface area (TPSA) is 158 Å². The zero-order valence-electron chi connectivity index (χ0n) is 10.8. The van der Waals surface area contributed by atoms with Crippen LogP contribution in [0.2, 0.25) is 0 Å². The lowest BCUT2D eigenvalue weighted by molar-refractivity contribution is -0.246. The smallest absolute Gasteiger partial charge is 0.320 e. The highest BCUT2D eigenvalue weighted by Gasteiger charge is 2.17. The Labute approximate surface area is 115 Å². The molecule has 0 rings (SSSR count). The molecule has 0 fully saturated rings. The highest BCUT2D eigenvalue weighted by molar-refractivity contribution is 5.73. The summed E-state index contributed by atoms with van der Waals surface area (Å²) in [6, 6.07) is -1.46. The van der Waals surface area contributed by atoms with Crippen LogP contribution in [0.1, 0.15) is 12.8 Å². The summed E-state index contributed by atoms with van der Waals surface area (Å²) in [6.07, 6.45) is -0.147. The SMILES string of the molecule is O=C(O)CC(COO)NCCNC(CCOO)C(=O)O. The van der Waals surface area contributed by atoms with Gasteiger partial charge in [0.1, 0.15) is 6.04 Å². The summed E-state index contributed by atoms with van der Waals surface area (Å²) in [7, 11) is 0. The van der Waals surface area contributed by atoms with E-state index in [4.69, 9.17) is 20.7 Å². The normalized spacial score (nSPS) is 13.9. The Morgan fingerprint density at radius 3 is 2.20 bits per heavy atom. The summed E-state index contributed by atoms with van der Waals surface area (Å²) in [4.78, 5) is 29.1. The van der Waals surface area contributed by atoms with Crippen LogP contribution in [0, 0.1) is 0 Å². The van der Waals surface area contributed by atoms with Crippen LogP contribution in [0.3, 0.4) is 0 Å². The van der Waals surface area contributed by atoms with E-state index >= 15 is 0 Å². The molecule has 0 bridgehead atoms. The van der Waals surface area contributed by atoms with Crippen molar-refractivity contribution in [2.45, 2.75) is 24.9 Å². The van der Waals surface area contributed by atoms with Crippen molar-refractivity contribution in [3.63, 3.8) is 0 Å². The molecule has 0 radical (unpaired) electrons. The molecule has 0 saturated heterocycles. The maximum Gasteiger partial charge on any atom is 0.320 e. The number of hydrogen-bond donors (Lipinski definition) is 6. The molecule has 10 heteroatoms. The Morgan fingerprint density at radius 2 is 1.70 bits per heavy atom. The Kier molecular flexibility index (Phi) is 10.8. The average molecular weight is 296 g/mol. The first-order valence-corrected chi connectivity index (χ1v) is 5.95. The van der Waals surface area contributed by atoms with E-state index in [2.05, 4.69) is 20.4 Å². The van der Waals surface area contributed by atoms with Crippen LogP contribution in [-0.4, -0.2) is 71.1 Å². The fraction of sp³-hybridized carbons (Fsp3) is 0.800. The number of carboxylic acid groups (broad SMARTS) is 2. The van der Waals surface area contributed by atoms with E-state index in [9.17, 15) is 9.59 Å². The van der Waals surface area contributed by atoms with E-state index < -0.39 is 24.0 Å². The summed E-state index contributed by atoms with van der Waals surface area (Å²) in [6.45, 7) is 0.236. The average Bonchev–Trinajstić information content (AvgIpc) is 2.36. The van der Waals surface area contributed by atoms with Gasteiger partial charge in [-0.25, -0.2) is 9.78 Å². The molecule has 0 aromatic heterocycles. The van der Waals surface area contributed by atoms with E-state index in [-0.39, 0.29) is 39.1 Å². The fourth-order valence-electron chi connectivity index (χ4n) is 1.50. The first kappa shape index (κ1) is 18.7. The van der Waals surface area contributed by atoms with Gasteiger partial charge in [0.2, 0.25) is 0 Å². The third-order valence-corrected chi connectivity index (χ3v) is 2.44. The number of aliphatic carboxylic acids is 2. The van der Waals surface area contributed by atoms with E-state index in [0.29, 0.717) is 0 Å². The molecule has 0 aromatic carbocycles. The Balaban J connectivity index is 3.94. The minimum atomic E-state index is -1.08. The van der Waals surface area contributed by atoms with Crippen molar-refractivity contribution in [1.82, 2.24) is 10.6 Å². The van der Waals surface area contributed by atoms with Crippen molar-refractivity contribution in [2.75, 3.05) is 26.3 Å². The molecule has 0 aliphatic heterocycles. The lowest BCUT2D eigenvalue weighted by atomic mass is 10.2. The zero-order valence-corrected chi connectivity index (χ0v) is 10.8. The molecule has 0 aromatic rings. The standard InChI is InChI=1S/C10H20N2O8/c13-9(14)5-7(6-20-18)11-2-3-12-8(10(15)16)1-4-19-17/h7-8,11-12,17-18H,1-6H2,(H,13,14)(H,15,16). The highest BCUT2D eigenvalue weighted by Crippen LogP contribution is 1.94. The van der Waals surface area contributed by atoms with Crippen LogP contribution >= 0.6 is 0 Å². The monoisotopic (exact) mass is 296 g/mol. The lowest BCUT2D eigenvalue weighted by Crippen LogP contribution is -2.44.